The van der Waals surface area contributed by atoms with Crippen LogP contribution in [-0.4, -0.2) is 48.3 Å². The van der Waals surface area contributed by atoms with Gasteiger partial charge in [0, 0.05) is 44.1 Å². The fourth-order valence-electron chi connectivity index (χ4n) is 4.11. The number of hydrogen-bond donors (Lipinski definition) is 1. The predicted octanol–water partition coefficient (Wildman–Crippen LogP) is 4.40. The largest absolute Gasteiger partial charge is 0.459 e. The van der Waals surface area contributed by atoms with Gasteiger partial charge in [-0.3, -0.25) is 0 Å². The number of carbonyl (C=O) groups is 1. The zero-order chi connectivity index (χ0) is 25.4. The Kier molecular flexibility index (Phi) is 6.09. The molecule has 36 heavy (non-hydrogen) atoms. The number of anilines is 1. The molecule has 0 amide bonds. The van der Waals surface area contributed by atoms with Crippen LogP contribution in [0.5, 0.6) is 0 Å². The molecule has 0 fully saturated rings. The van der Waals surface area contributed by atoms with Crippen molar-refractivity contribution < 1.29 is 14.1 Å². The van der Waals surface area contributed by atoms with E-state index in [1.807, 2.05) is 49.7 Å². The summed E-state index contributed by atoms with van der Waals surface area (Å²) in [6.07, 6.45) is 2.22. The van der Waals surface area contributed by atoms with Crippen LogP contribution in [0.25, 0.3) is 33.3 Å². The molecule has 5 rings (SSSR count). The summed E-state index contributed by atoms with van der Waals surface area (Å²) in [7, 11) is 1.93. The summed E-state index contributed by atoms with van der Waals surface area (Å²) in [5.41, 5.74) is 3.31. The van der Waals surface area contributed by atoms with Crippen molar-refractivity contribution in [3.05, 3.63) is 59.5 Å². The van der Waals surface area contributed by atoms with Gasteiger partial charge in [0.05, 0.1) is 17.4 Å². The van der Waals surface area contributed by atoms with Crippen LogP contribution in [0.3, 0.4) is 0 Å². The van der Waals surface area contributed by atoms with E-state index >= 15 is 0 Å². The van der Waals surface area contributed by atoms with E-state index < -0.39 is 0 Å². The van der Waals surface area contributed by atoms with Crippen LogP contribution >= 0.6 is 0 Å². The lowest BCUT2D eigenvalue weighted by Crippen LogP contribution is -2.13. The average molecular weight is 486 g/mol. The predicted molar refractivity (Wildman–Crippen MR) is 136 cm³/mol. The highest BCUT2D eigenvalue weighted by Crippen LogP contribution is 2.27. The molecule has 0 spiro atoms. The molecule has 184 valence electrons. The van der Waals surface area contributed by atoms with Crippen LogP contribution in [0.15, 0.2) is 41.1 Å². The molecule has 0 aliphatic carbocycles. The lowest BCUT2D eigenvalue weighted by Gasteiger charge is -2.10. The van der Waals surface area contributed by atoms with Gasteiger partial charge in [-0.25, -0.2) is 19.7 Å². The van der Waals surface area contributed by atoms with Gasteiger partial charge in [-0.15, -0.1) is 0 Å². The van der Waals surface area contributed by atoms with Crippen molar-refractivity contribution >= 4 is 33.7 Å². The molecular formula is C26H27N7O3. The number of pyridine rings is 2. The highest BCUT2D eigenvalue weighted by molar-refractivity contribution is 5.95. The van der Waals surface area contributed by atoms with Crippen molar-refractivity contribution in [2.24, 2.45) is 7.05 Å². The summed E-state index contributed by atoms with van der Waals surface area (Å²) in [6, 6.07) is 9.72. The molecule has 10 nitrogen and oxygen atoms in total. The van der Waals surface area contributed by atoms with Gasteiger partial charge in [-0.1, -0.05) is 17.3 Å². The van der Waals surface area contributed by atoms with E-state index in [2.05, 4.69) is 25.4 Å². The van der Waals surface area contributed by atoms with E-state index in [4.69, 9.17) is 14.2 Å². The molecule has 0 bridgehead atoms. The third kappa shape index (κ3) is 4.49. The van der Waals surface area contributed by atoms with Crippen LogP contribution in [0, 0.1) is 13.8 Å². The fraction of sp³-hybridized carbons (Fsp3) is 0.308. The third-order valence-corrected chi connectivity index (χ3v) is 5.88. The van der Waals surface area contributed by atoms with E-state index in [-0.39, 0.29) is 12.1 Å². The first-order valence-electron chi connectivity index (χ1n) is 11.8. The van der Waals surface area contributed by atoms with Crippen molar-refractivity contribution in [2.75, 3.05) is 11.9 Å². The monoisotopic (exact) mass is 485 g/mol. The molecule has 4 aromatic heterocycles. The topological polar surface area (TPSA) is 121 Å². The van der Waals surface area contributed by atoms with Crippen molar-refractivity contribution in [3.8, 4) is 11.4 Å². The molecule has 1 N–H and O–H groups in total. The molecule has 0 aliphatic heterocycles. The molecule has 0 atom stereocenters. The van der Waals surface area contributed by atoms with Gasteiger partial charge in [0.15, 0.2) is 5.65 Å². The van der Waals surface area contributed by atoms with Gasteiger partial charge in [0.25, 0.3) is 0 Å². The van der Waals surface area contributed by atoms with E-state index in [9.17, 15) is 4.79 Å². The molecule has 1 aromatic carbocycles. The average Bonchev–Trinajstić information content (AvgIpc) is 3.41. The zero-order valence-corrected chi connectivity index (χ0v) is 20.9. The van der Waals surface area contributed by atoms with Crippen LogP contribution in [0.1, 0.15) is 41.6 Å². The number of hydrogen-bond acceptors (Lipinski definition) is 9. The van der Waals surface area contributed by atoms with Gasteiger partial charge in [-0.2, -0.15) is 4.98 Å². The van der Waals surface area contributed by atoms with Crippen molar-refractivity contribution in [2.45, 2.75) is 40.2 Å². The minimum Gasteiger partial charge on any atom is -0.459 e. The van der Waals surface area contributed by atoms with E-state index in [1.165, 1.54) is 0 Å². The van der Waals surface area contributed by atoms with Crippen LogP contribution in [0.4, 0.5) is 5.82 Å². The van der Waals surface area contributed by atoms with E-state index in [1.54, 1.807) is 26.1 Å². The number of esters is 1. The summed E-state index contributed by atoms with van der Waals surface area (Å²) < 4.78 is 12.4. The van der Waals surface area contributed by atoms with Gasteiger partial charge in [-0.05, 0) is 44.4 Å². The second kappa shape index (κ2) is 9.37. The minimum absolute atomic E-state index is 0.201. The normalized spacial score (nSPS) is 11.5. The number of benzene rings is 1. The fourth-order valence-corrected chi connectivity index (χ4v) is 4.11. The molecule has 0 radical (unpaired) electrons. The molecular weight excluding hydrogens is 458 g/mol. The quantitative estimate of drug-likeness (QED) is 0.334. The van der Waals surface area contributed by atoms with Gasteiger partial charge in [0.2, 0.25) is 11.7 Å². The summed E-state index contributed by atoms with van der Waals surface area (Å²) in [6.45, 7) is 7.82. The van der Waals surface area contributed by atoms with Crippen molar-refractivity contribution in [1.82, 2.24) is 29.7 Å². The first-order valence-corrected chi connectivity index (χ1v) is 11.8. The molecule has 10 heteroatoms. The maximum atomic E-state index is 12.4. The summed E-state index contributed by atoms with van der Waals surface area (Å²) in [5, 5.41) is 9.47. The Morgan fingerprint density at radius 2 is 1.97 bits per heavy atom. The Balaban J connectivity index is 1.37. The number of aromatic nitrogens is 6. The molecule has 5 aromatic rings. The van der Waals surface area contributed by atoms with Gasteiger partial charge < -0.3 is 19.1 Å². The SMILES string of the molecule is Cc1nc(-c2ccc3ccnc(NCCc4nc5cc(C(=O)OC(C)C)c(C)nc5n4C)c3c2)no1. The van der Waals surface area contributed by atoms with E-state index in [0.29, 0.717) is 41.5 Å². The highest BCUT2D eigenvalue weighted by atomic mass is 16.5. The third-order valence-electron chi connectivity index (χ3n) is 5.88. The molecule has 0 saturated heterocycles. The lowest BCUT2D eigenvalue weighted by atomic mass is 10.1. The Morgan fingerprint density at radius 3 is 2.72 bits per heavy atom. The summed E-state index contributed by atoms with van der Waals surface area (Å²) in [4.78, 5) is 30.7. The number of nitrogens with one attached hydrogen (secondary N) is 1. The first-order chi connectivity index (χ1) is 17.3. The van der Waals surface area contributed by atoms with Crippen LogP contribution in [-0.2, 0) is 18.2 Å². The number of fused-ring (bicyclic) bond motifs is 2. The lowest BCUT2D eigenvalue weighted by molar-refractivity contribution is 0.0376. The smallest absolute Gasteiger partial charge is 0.340 e. The molecule has 0 aliphatic rings. The minimum atomic E-state index is -0.386. The Morgan fingerprint density at radius 1 is 1.14 bits per heavy atom. The number of aryl methyl sites for hydroxylation is 3. The number of ether oxygens (including phenoxy) is 1. The Bertz CT molecular complexity index is 1590. The number of imidazole rings is 1. The highest BCUT2D eigenvalue weighted by Gasteiger charge is 2.18. The molecule has 0 unspecified atom stereocenters. The number of nitrogens with zero attached hydrogens (tertiary/aromatic N) is 6. The number of rotatable bonds is 7. The van der Waals surface area contributed by atoms with Gasteiger partial charge >= 0.3 is 5.97 Å². The Labute approximate surface area is 207 Å². The first kappa shape index (κ1) is 23.4. The van der Waals surface area contributed by atoms with Crippen molar-refractivity contribution in [1.29, 1.82) is 0 Å². The number of carbonyl (C=O) groups excluding carboxylic acids is 1. The van der Waals surface area contributed by atoms with Crippen LogP contribution < -0.4 is 5.32 Å². The second-order valence-electron chi connectivity index (χ2n) is 8.91. The molecule has 0 saturated carbocycles. The Hall–Kier alpha value is -4.34. The molecule has 4 heterocycles. The van der Waals surface area contributed by atoms with Crippen molar-refractivity contribution in [3.63, 3.8) is 0 Å². The maximum absolute atomic E-state index is 12.4. The second-order valence-corrected chi connectivity index (χ2v) is 8.91. The summed E-state index contributed by atoms with van der Waals surface area (Å²) in [5.74, 6) is 2.29. The summed E-state index contributed by atoms with van der Waals surface area (Å²) >= 11 is 0. The van der Waals surface area contributed by atoms with E-state index in [0.717, 1.165) is 33.6 Å². The van der Waals surface area contributed by atoms with Crippen LogP contribution in [0.2, 0.25) is 0 Å². The standard InChI is InChI=1S/C26H27N7O3/c1-14(2)35-26(34)19-13-21-25(29-15(19)3)33(5)22(31-21)9-11-28-24-20-12-18(23-30-16(4)36-32-23)7-6-17(20)8-10-27-24/h6-8,10,12-14H,9,11H2,1-5H3,(H,27,28). The maximum Gasteiger partial charge on any atom is 0.340 e. The zero-order valence-electron chi connectivity index (χ0n) is 20.9. The van der Waals surface area contributed by atoms with Gasteiger partial charge in [0.1, 0.15) is 17.2 Å².